The van der Waals surface area contributed by atoms with E-state index in [1.54, 1.807) is 67.2 Å². The summed E-state index contributed by atoms with van der Waals surface area (Å²) in [5.74, 6) is 0.887. The zero-order valence-electron chi connectivity index (χ0n) is 31.6. The topological polar surface area (TPSA) is 186 Å². The van der Waals surface area contributed by atoms with Crippen LogP contribution in [-0.2, 0) is 14.3 Å². The van der Waals surface area contributed by atoms with E-state index in [9.17, 15) is 24.3 Å². The molecule has 0 radical (unpaired) electrons. The highest BCUT2D eigenvalue weighted by molar-refractivity contribution is 5.87. The summed E-state index contributed by atoms with van der Waals surface area (Å²) in [5.41, 5.74) is 5.60. The lowest BCUT2D eigenvalue weighted by Gasteiger charge is -2.28. The number of likely N-dealkylation sites (tertiary alicyclic amines) is 2. The van der Waals surface area contributed by atoms with Gasteiger partial charge in [0.05, 0.1) is 35.9 Å². The summed E-state index contributed by atoms with van der Waals surface area (Å²) in [4.78, 5) is 69.9. The number of benzene rings is 3. The van der Waals surface area contributed by atoms with Crippen molar-refractivity contribution >= 4 is 24.0 Å². The number of hydrogen-bond donors (Lipinski definition) is 5. The van der Waals surface area contributed by atoms with Crippen molar-refractivity contribution in [1.29, 1.82) is 0 Å². The first kappa shape index (κ1) is 37.9. The number of aromatic nitrogens is 4. The van der Waals surface area contributed by atoms with E-state index in [1.807, 2.05) is 30.3 Å². The Hall–Kier alpha value is -6.44. The number of nitrogens with zero attached hydrogens (tertiary/aromatic N) is 4. The number of hydrogen-bond acceptors (Lipinski definition) is 7. The second-order valence-electron chi connectivity index (χ2n) is 15.1. The van der Waals surface area contributed by atoms with Gasteiger partial charge in [0, 0.05) is 13.1 Å². The van der Waals surface area contributed by atoms with Gasteiger partial charge in [0.15, 0.2) is 0 Å². The number of rotatable bonds is 10. The predicted molar refractivity (Wildman–Crippen MR) is 209 cm³/mol. The Kier molecular flexibility index (Phi) is 10.9. The molecule has 2 fully saturated rings. The Bertz CT molecular complexity index is 2170. The smallest absolute Gasteiger partial charge is 0.408 e. The highest BCUT2D eigenvalue weighted by atomic mass is 16.6. The van der Waals surface area contributed by atoms with Crippen molar-refractivity contribution in [3.05, 3.63) is 108 Å². The molecular formula is C42H46N8O6. The standard InChI is InChI=1S/C42H46N8O6/c1-42(2,3)56-41(55)45-25-35(51)49-21-7-11-33(49)37-43-23-31(46-37)28-17-13-26(14-18-28)27-15-19-29(20-16-27)32-24-44-38(47-32)34-12-8-22-50(34)39(52)36(48-40(53)54)30-9-5-4-6-10-30/h4-6,9-10,13-20,23-24,33-34,36,48H,7-8,11-12,21-22,25H2,1-3H3,(H,43,46)(H,44,47)(H,45,55)(H,53,54)/t33-,34-,36+/m0/s1. The molecule has 0 saturated carbocycles. The second kappa shape index (κ2) is 16.1. The first-order valence-corrected chi connectivity index (χ1v) is 18.9. The van der Waals surface area contributed by atoms with Gasteiger partial charge < -0.3 is 40.2 Å². The lowest BCUT2D eigenvalue weighted by molar-refractivity contribution is -0.134. The molecule has 3 atom stereocenters. The molecular weight excluding hydrogens is 713 g/mol. The normalized spacial score (nSPS) is 17.4. The van der Waals surface area contributed by atoms with Gasteiger partial charge in [0.25, 0.3) is 5.91 Å². The molecule has 0 spiro atoms. The summed E-state index contributed by atoms with van der Waals surface area (Å²) in [6.07, 6.45) is 4.80. The van der Waals surface area contributed by atoms with Crippen molar-refractivity contribution in [2.24, 2.45) is 0 Å². The molecule has 3 aromatic carbocycles. The average Bonchev–Trinajstić information content (AvgIpc) is 4.02. The number of carbonyl (C=O) groups excluding carboxylic acids is 3. The van der Waals surface area contributed by atoms with Crippen LogP contribution in [0.1, 0.15) is 81.8 Å². The van der Waals surface area contributed by atoms with E-state index in [2.05, 4.69) is 54.8 Å². The number of aromatic amines is 2. The average molecular weight is 759 g/mol. The van der Waals surface area contributed by atoms with Crippen LogP contribution < -0.4 is 10.6 Å². The minimum Gasteiger partial charge on any atom is -0.465 e. The number of alkyl carbamates (subject to hydrolysis) is 1. The van der Waals surface area contributed by atoms with Crippen molar-refractivity contribution in [3.8, 4) is 33.6 Å². The molecule has 290 valence electrons. The van der Waals surface area contributed by atoms with E-state index in [1.165, 1.54) is 0 Å². The largest absolute Gasteiger partial charge is 0.465 e. The Balaban J connectivity index is 0.980. The summed E-state index contributed by atoms with van der Waals surface area (Å²) in [6.45, 7) is 6.28. The third-order valence-electron chi connectivity index (χ3n) is 10.1. The maximum absolute atomic E-state index is 13.7. The van der Waals surface area contributed by atoms with E-state index in [0.29, 0.717) is 30.3 Å². The summed E-state index contributed by atoms with van der Waals surface area (Å²) in [5, 5.41) is 14.4. The van der Waals surface area contributed by atoms with E-state index in [0.717, 1.165) is 59.3 Å². The van der Waals surface area contributed by atoms with Gasteiger partial charge in [0.2, 0.25) is 5.91 Å². The molecule has 2 aliphatic rings. The first-order chi connectivity index (χ1) is 26.9. The summed E-state index contributed by atoms with van der Waals surface area (Å²) in [7, 11) is 0. The van der Waals surface area contributed by atoms with Gasteiger partial charge in [-0.05, 0) is 74.3 Å². The molecule has 5 N–H and O–H groups in total. The fraction of sp³-hybridized carbons (Fsp3) is 0.333. The van der Waals surface area contributed by atoms with Crippen molar-refractivity contribution < 1.29 is 29.0 Å². The molecule has 4 amide bonds. The summed E-state index contributed by atoms with van der Waals surface area (Å²) in [6, 6.07) is 23.7. The molecule has 14 nitrogen and oxygen atoms in total. The van der Waals surface area contributed by atoms with Crippen molar-refractivity contribution in [3.63, 3.8) is 0 Å². The predicted octanol–water partition coefficient (Wildman–Crippen LogP) is 6.99. The number of nitrogens with one attached hydrogen (secondary N) is 4. The molecule has 14 heteroatoms. The molecule has 7 rings (SSSR count). The molecule has 56 heavy (non-hydrogen) atoms. The van der Waals surface area contributed by atoms with Gasteiger partial charge in [0.1, 0.15) is 29.8 Å². The van der Waals surface area contributed by atoms with E-state index in [-0.39, 0.29) is 30.4 Å². The molecule has 5 aromatic rings. The SMILES string of the molecule is CC(C)(C)OC(=O)NCC(=O)N1CCC[C@H]1c1ncc(-c2ccc(-c3ccc(-c4cnc([C@@H]5CCCN5C(=O)[C@H](NC(=O)O)c5ccccc5)[nH]4)cc3)cc2)[nH]1. The van der Waals surface area contributed by atoms with Gasteiger partial charge in [-0.25, -0.2) is 19.6 Å². The lowest BCUT2D eigenvalue weighted by Crippen LogP contribution is -2.42. The highest BCUT2D eigenvalue weighted by Gasteiger charge is 2.37. The van der Waals surface area contributed by atoms with Crippen LogP contribution in [0.5, 0.6) is 0 Å². The third-order valence-corrected chi connectivity index (χ3v) is 10.1. The van der Waals surface area contributed by atoms with Crippen LogP contribution in [-0.4, -0.2) is 84.1 Å². The number of imidazole rings is 2. The van der Waals surface area contributed by atoms with Gasteiger partial charge in [-0.1, -0.05) is 78.9 Å². The Morgan fingerprint density at radius 3 is 1.79 bits per heavy atom. The van der Waals surface area contributed by atoms with Gasteiger partial charge >= 0.3 is 12.2 Å². The molecule has 2 aliphatic heterocycles. The van der Waals surface area contributed by atoms with Crippen LogP contribution in [0, 0.1) is 0 Å². The van der Waals surface area contributed by atoms with E-state index < -0.39 is 23.8 Å². The van der Waals surface area contributed by atoms with Gasteiger partial charge in [-0.2, -0.15) is 0 Å². The maximum Gasteiger partial charge on any atom is 0.408 e. The zero-order valence-corrected chi connectivity index (χ0v) is 31.6. The Morgan fingerprint density at radius 2 is 1.27 bits per heavy atom. The summed E-state index contributed by atoms with van der Waals surface area (Å²) >= 11 is 0. The van der Waals surface area contributed by atoms with Gasteiger partial charge in [-0.3, -0.25) is 9.59 Å². The summed E-state index contributed by atoms with van der Waals surface area (Å²) < 4.78 is 5.26. The van der Waals surface area contributed by atoms with Crippen LogP contribution >= 0.6 is 0 Å². The van der Waals surface area contributed by atoms with Crippen molar-refractivity contribution in [2.45, 2.75) is 70.2 Å². The first-order valence-electron chi connectivity index (χ1n) is 18.9. The van der Waals surface area contributed by atoms with Crippen molar-refractivity contribution in [1.82, 2.24) is 40.4 Å². The fourth-order valence-electron chi connectivity index (χ4n) is 7.44. The molecule has 0 aliphatic carbocycles. The molecule has 0 bridgehead atoms. The van der Waals surface area contributed by atoms with Crippen LogP contribution in [0.2, 0.25) is 0 Å². The Morgan fingerprint density at radius 1 is 0.768 bits per heavy atom. The number of ether oxygens (including phenoxy) is 1. The second-order valence-corrected chi connectivity index (χ2v) is 15.1. The maximum atomic E-state index is 13.7. The lowest BCUT2D eigenvalue weighted by atomic mass is 10.0. The number of H-pyrrole nitrogens is 2. The minimum absolute atomic E-state index is 0.142. The molecule has 0 unspecified atom stereocenters. The monoisotopic (exact) mass is 758 g/mol. The number of amides is 4. The van der Waals surface area contributed by atoms with E-state index >= 15 is 0 Å². The van der Waals surface area contributed by atoms with Crippen molar-refractivity contribution in [2.75, 3.05) is 19.6 Å². The van der Waals surface area contributed by atoms with Crippen LogP contribution in [0.3, 0.4) is 0 Å². The van der Waals surface area contributed by atoms with Gasteiger partial charge in [-0.15, -0.1) is 0 Å². The fourth-order valence-corrected chi connectivity index (χ4v) is 7.44. The molecule has 2 saturated heterocycles. The van der Waals surface area contributed by atoms with E-state index in [4.69, 9.17) is 4.74 Å². The molecule has 2 aromatic heterocycles. The third kappa shape index (κ3) is 8.59. The number of carboxylic acid groups (broad SMARTS) is 1. The Labute approximate surface area is 324 Å². The minimum atomic E-state index is -1.26. The highest BCUT2D eigenvalue weighted by Crippen LogP contribution is 2.35. The zero-order chi connectivity index (χ0) is 39.4. The molecule has 4 heterocycles. The quantitative estimate of drug-likeness (QED) is 0.101. The van der Waals surface area contributed by atoms with Crippen LogP contribution in [0.15, 0.2) is 91.3 Å². The van der Waals surface area contributed by atoms with Crippen LogP contribution in [0.4, 0.5) is 9.59 Å². The van der Waals surface area contributed by atoms with Crippen LogP contribution in [0.25, 0.3) is 33.6 Å². The number of carbonyl (C=O) groups is 4.